The molecule has 0 aromatic heterocycles. The van der Waals surface area contributed by atoms with Gasteiger partial charge in [-0.3, -0.25) is 0 Å². The predicted molar refractivity (Wildman–Crippen MR) is 123 cm³/mol. The highest BCUT2D eigenvalue weighted by Gasteiger charge is 2.32. The number of aliphatic hydroxyl groups excluding tert-OH is 1. The van der Waals surface area contributed by atoms with Crippen molar-refractivity contribution >= 4 is 23.4 Å². The molecule has 0 aliphatic carbocycles. The second-order valence-electron chi connectivity index (χ2n) is 7.66. The number of carbonyl (C=O) groups is 1. The van der Waals surface area contributed by atoms with E-state index in [1.807, 2.05) is 60.7 Å². The van der Waals surface area contributed by atoms with E-state index in [0.29, 0.717) is 17.9 Å². The van der Waals surface area contributed by atoms with E-state index in [9.17, 15) is 9.90 Å². The van der Waals surface area contributed by atoms with Crippen LogP contribution in [-0.4, -0.2) is 28.0 Å². The van der Waals surface area contributed by atoms with Crippen molar-refractivity contribution in [1.29, 1.82) is 0 Å². The molecule has 3 aromatic carbocycles. The first-order valence-electron chi connectivity index (χ1n) is 10.3. The van der Waals surface area contributed by atoms with Crippen molar-refractivity contribution < 1.29 is 24.5 Å². The van der Waals surface area contributed by atoms with Gasteiger partial charge in [0.15, 0.2) is 6.29 Å². The molecule has 4 rings (SSSR count). The number of benzene rings is 3. The standard InChI is InChI=1S/C25H25NO5S/c26-20-3-1-2-19(12-20)25-30-21(15-32-22-10-8-18(9-11-22)24(28)29)13-23(31-25)17-6-4-16(14-27)5-7-17/h1-12,21,23,25,27H,13-15,26H2,(H,28,29)/t21-,23+,25+/m0/s1. The van der Waals surface area contributed by atoms with Crippen LogP contribution in [0.25, 0.3) is 0 Å². The molecule has 1 saturated heterocycles. The predicted octanol–water partition coefficient (Wildman–Crippen LogP) is 4.80. The van der Waals surface area contributed by atoms with Crippen LogP contribution in [0.3, 0.4) is 0 Å². The number of hydrogen-bond donors (Lipinski definition) is 3. The highest BCUT2D eigenvalue weighted by atomic mass is 32.2. The normalized spacial score (nSPS) is 20.7. The first kappa shape index (κ1) is 22.4. The number of anilines is 1. The Morgan fingerprint density at radius 2 is 1.75 bits per heavy atom. The van der Waals surface area contributed by atoms with E-state index >= 15 is 0 Å². The van der Waals surface area contributed by atoms with Gasteiger partial charge in [-0.15, -0.1) is 11.8 Å². The van der Waals surface area contributed by atoms with Gasteiger partial charge in [-0.25, -0.2) is 4.79 Å². The SMILES string of the molecule is Nc1cccc([C@@H]2O[C@H](CSc3ccc(C(=O)O)cc3)C[C@H](c3ccc(CO)cc3)O2)c1. The third-order valence-electron chi connectivity index (χ3n) is 5.33. The van der Waals surface area contributed by atoms with Crippen LogP contribution in [-0.2, 0) is 16.1 Å². The van der Waals surface area contributed by atoms with Crippen molar-refractivity contribution in [2.75, 3.05) is 11.5 Å². The zero-order chi connectivity index (χ0) is 22.5. The Kier molecular flexibility index (Phi) is 7.12. The van der Waals surface area contributed by atoms with Crippen LogP contribution >= 0.6 is 11.8 Å². The third-order valence-corrected chi connectivity index (χ3v) is 6.48. The molecule has 1 aliphatic heterocycles. The molecule has 0 amide bonds. The molecule has 3 atom stereocenters. The van der Waals surface area contributed by atoms with E-state index in [-0.39, 0.29) is 24.4 Å². The van der Waals surface area contributed by atoms with Crippen molar-refractivity contribution in [1.82, 2.24) is 0 Å². The van der Waals surface area contributed by atoms with Crippen molar-refractivity contribution in [3.05, 3.63) is 95.1 Å². The highest BCUT2D eigenvalue weighted by Crippen LogP contribution is 2.39. The Morgan fingerprint density at radius 3 is 2.41 bits per heavy atom. The monoisotopic (exact) mass is 451 g/mol. The Hall–Kier alpha value is -2.84. The molecule has 7 heteroatoms. The first-order chi connectivity index (χ1) is 15.5. The molecule has 0 spiro atoms. The lowest BCUT2D eigenvalue weighted by Crippen LogP contribution is -2.31. The maximum absolute atomic E-state index is 11.1. The summed E-state index contributed by atoms with van der Waals surface area (Å²) in [6.45, 7) is 0.000759. The summed E-state index contributed by atoms with van der Waals surface area (Å²) in [5, 5.41) is 18.4. The summed E-state index contributed by atoms with van der Waals surface area (Å²) >= 11 is 1.62. The lowest BCUT2D eigenvalue weighted by molar-refractivity contribution is -0.245. The van der Waals surface area contributed by atoms with E-state index in [2.05, 4.69) is 0 Å². The smallest absolute Gasteiger partial charge is 0.335 e. The highest BCUT2D eigenvalue weighted by molar-refractivity contribution is 7.99. The summed E-state index contributed by atoms with van der Waals surface area (Å²) in [7, 11) is 0. The number of thioether (sulfide) groups is 1. The number of ether oxygens (including phenoxy) is 2. The van der Waals surface area contributed by atoms with Crippen LogP contribution in [0.1, 0.15) is 45.9 Å². The molecule has 1 aliphatic rings. The summed E-state index contributed by atoms with van der Waals surface area (Å²) in [4.78, 5) is 12.0. The van der Waals surface area contributed by atoms with Gasteiger partial charge in [0.05, 0.1) is 24.4 Å². The Morgan fingerprint density at radius 1 is 1.00 bits per heavy atom. The number of aromatic carboxylic acids is 1. The maximum Gasteiger partial charge on any atom is 0.335 e. The van der Waals surface area contributed by atoms with Gasteiger partial charge in [0.1, 0.15) is 0 Å². The molecule has 1 fully saturated rings. The molecule has 0 bridgehead atoms. The summed E-state index contributed by atoms with van der Waals surface area (Å²) in [6, 6.07) is 22.1. The Bertz CT molecular complexity index is 1050. The molecule has 32 heavy (non-hydrogen) atoms. The molecule has 1 heterocycles. The average molecular weight is 452 g/mol. The largest absolute Gasteiger partial charge is 0.478 e. The van der Waals surface area contributed by atoms with E-state index in [1.54, 1.807) is 23.9 Å². The van der Waals surface area contributed by atoms with Gasteiger partial charge < -0.3 is 25.4 Å². The molecule has 6 nitrogen and oxygen atoms in total. The fraction of sp³-hybridized carbons (Fsp3) is 0.240. The number of nitrogen functional groups attached to an aromatic ring is 1. The van der Waals surface area contributed by atoms with Gasteiger partial charge in [-0.05, 0) is 47.5 Å². The Balaban J connectivity index is 1.51. The zero-order valence-corrected chi connectivity index (χ0v) is 18.2. The number of aliphatic hydroxyl groups is 1. The maximum atomic E-state index is 11.1. The molecule has 3 aromatic rings. The number of carboxylic acid groups (broad SMARTS) is 1. The van der Waals surface area contributed by atoms with E-state index in [0.717, 1.165) is 21.6 Å². The van der Waals surface area contributed by atoms with Gasteiger partial charge >= 0.3 is 5.97 Å². The number of rotatable bonds is 7. The van der Waals surface area contributed by atoms with Gasteiger partial charge in [-0.2, -0.15) is 0 Å². The molecule has 0 radical (unpaired) electrons. The fourth-order valence-corrected chi connectivity index (χ4v) is 4.53. The topological polar surface area (TPSA) is 102 Å². The van der Waals surface area contributed by atoms with Crippen LogP contribution < -0.4 is 5.73 Å². The molecular formula is C25H25NO5S. The van der Waals surface area contributed by atoms with Crippen molar-refractivity contribution in [2.45, 2.75) is 36.4 Å². The third kappa shape index (κ3) is 5.49. The Labute approximate surface area is 191 Å². The lowest BCUT2D eigenvalue weighted by Gasteiger charge is -2.36. The summed E-state index contributed by atoms with van der Waals surface area (Å²) < 4.78 is 12.6. The van der Waals surface area contributed by atoms with Crippen molar-refractivity contribution in [2.24, 2.45) is 0 Å². The number of nitrogens with two attached hydrogens (primary N) is 1. The van der Waals surface area contributed by atoms with Crippen LogP contribution in [0, 0.1) is 0 Å². The number of carboxylic acids is 1. The van der Waals surface area contributed by atoms with Gasteiger partial charge in [-0.1, -0.05) is 36.4 Å². The van der Waals surface area contributed by atoms with Crippen LogP contribution in [0.5, 0.6) is 0 Å². The van der Waals surface area contributed by atoms with Crippen LogP contribution in [0.4, 0.5) is 5.69 Å². The quantitative estimate of drug-likeness (QED) is 0.350. The first-order valence-corrected chi connectivity index (χ1v) is 11.3. The molecule has 166 valence electrons. The number of hydrogen-bond acceptors (Lipinski definition) is 6. The molecule has 4 N–H and O–H groups in total. The van der Waals surface area contributed by atoms with Gasteiger partial charge in [0.2, 0.25) is 0 Å². The molecule has 0 unspecified atom stereocenters. The zero-order valence-electron chi connectivity index (χ0n) is 17.4. The van der Waals surface area contributed by atoms with Gasteiger partial charge in [0.25, 0.3) is 0 Å². The van der Waals surface area contributed by atoms with E-state index in [4.69, 9.17) is 20.3 Å². The second kappa shape index (κ2) is 10.2. The minimum absolute atomic E-state index is 0.000759. The van der Waals surface area contributed by atoms with Crippen molar-refractivity contribution in [3.8, 4) is 0 Å². The molecular weight excluding hydrogens is 426 g/mol. The summed E-state index contributed by atoms with van der Waals surface area (Å²) in [5.41, 5.74) is 9.62. The minimum Gasteiger partial charge on any atom is -0.478 e. The fourth-order valence-electron chi connectivity index (χ4n) is 3.61. The summed E-state index contributed by atoms with van der Waals surface area (Å²) in [5.74, 6) is -0.242. The average Bonchev–Trinajstić information content (AvgIpc) is 2.83. The van der Waals surface area contributed by atoms with Crippen molar-refractivity contribution in [3.63, 3.8) is 0 Å². The van der Waals surface area contributed by atoms with E-state index in [1.165, 1.54) is 0 Å². The second-order valence-corrected chi connectivity index (χ2v) is 8.75. The van der Waals surface area contributed by atoms with Crippen LogP contribution in [0.15, 0.2) is 77.7 Å². The minimum atomic E-state index is -0.936. The molecule has 0 saturated carbocycles. The summed E-state index contributed by atoms with van der Waals surface area (Å²) in [6.07, 6.45) is -0.114. The lowest BCUT2D eigenvalue weighted by atomic mass is 10.0. The van der Waals surface area contributed by atoms with Crippen LogP contribution in [0.2, 0.25) is 0 Å². The van der Waals surface area contributed by atoms with E-state index < -0.39 is 12.3 Å². The van der Waals surface area contributed by atoms with Gasteiger partial charge in [0, 0.05) is 28.3 Å².